The van der Waals surface area contributed by atoms with Crippen molar-refractivity contribution in [3.8, 4) is 5.75 Å². The van der Waals surface area contributed by atoms with Crippen LogP contribution < -0.4 is 4.74 Å². The first-order valence-corrected chi connectivity index (χ1v) is 10.2. The molecular formula is C21H27F3N2O3. The molecule has 5 nitrogen and oxygen atoms in total. The molecule has 29 heavy (non-hydrogen) atoms. The lowest BCUT2D eigenvalue weighted by Gasteiger charge is -2.39. The number of ether oxygens (including phenoxy) is 2. The summed E-state index contributed by atoms with van der Waals surface area (Å²) in [6.45, 7) is 2.34. The molecule has 2 aromatic rings. The number of piperidine rings is 1. The van der Waals surface area contributed by atoms with E-state index >= 15 is 0 Å². The Bertz CT molecular complexity index is 822. The molecule has 160 valence electrons. The van der Waals surface area contributed by atoms with E-state index < -0.39 is 18.3 Å². The predicted molar refractivity (Wildman–Crippen MR) is 103 cm³/mol. The minimum Gasteiger partial charge on any atom is -0.490 e. The molecule has 8 heteroatoms. The van der Waals surface area contributed by atoms with E-state index in [1.807, 2.05) is 6.07 Å². The van der Waals surface area contributed by atoms with Crippen molar-refractivity contribution < 1.29 is 27.8 Å². The standard InChI is InChI=1S/C21H27F3N2O3/c22-21(23,24)14-26-11-7-17-18(26)3-1-4-19(17)29-16-5-9-25(10-6-16)13-20(27)8-2-12-28-15-20/h1,3-4,7,11,16,27H,2,5-6,8-10,12-15H2. The van der Waals surface area contributed by atoms with Crippen LogP contribution in [0.4, 0.5) is 13.2 Å². The maximum atomic E-state index is 12.8. The fourth-order valence-electron chi connectivity index (χ4n) is 4.37. The summed E-state index contributed by atoms with van der Waals surface area (Å²) in [6.07, 6.45) is 0.491. The molecule has 3 heterocycles. The fourth-order valence-corrected chi connectivity index (χ4v) is 4.37. The molecule has 4 rings (SSSR count). The van der Waals surface area contributed by atoms with Gasteiger partial charge in [0.25, 0.3) is 0 Å². The summed E-state index contributed by atoms with van der Waals surface area (Å²) in [5.74, 6) is 0.626. The molecule has 1 aromatic heterocycles. The lowest BCUT2D eigenvalue weighted by molar-refractivity contribution is -0.139. The Kier molecular flexibility index (Phi) is 5.77. The van der Waals surface area contributed by atoms with Crippen molar-refractivity contribution in [2.75, 3.05) is 32.8 Å². The third kappa shape index (κ3) is 5.05. The number of alkyl halides is 3. The van der Waals surface area contributed by atoms with Gasteiger partial charge in [-0.2, -0.15) is 13.2 Å². The topological polar surface area (TPSA) is 46.9 Å². The highest BCUT2D eigenvalue weighted by molar-refractivity contribution is 5.86. The molecule has 2 saturated heterocycles. The van der Waals surface area contributed by atoms with Gasteiger partial charge in [-0.05, 0) is 43.9 Å². The molecular weight excluding hydrogens is 385 g/mol. The first kappa shape index (κ1) is 20.5. The van der Waals surface area contributed by atoms with Crippen LogP contribution in [0, 0.1) is 0 Å². The lowest BCUT2D eigenvalue weighted by atomic mass is 9.95. The number of likely N-dealkylation sites (tertiary alicyclic amines) is 1. The summed E-state index contributed by atoms with van der Waals surface area (Å²) in [4.78, 5) is 2.24. The number of fused-ring (bicyclic) bond motifs is 1. The van der Waals surface area contributed by atoms with Crippen molar-refractivity contribution in [3.63, 3.8) is 0 Å². The number of benzene rings is 1. The van der Waals surface area contributed by atoms with E-state index in [4.69, 9.17) is 9.47 Å². The summed E-state index contributed by atoms with van der Waals surface area (Å²) in [5.41, 5.74) is -0.240. The third-order valence-corrected chi connectivity index (χ3v) is 5.77. The van der Waals surface area contributed by atoms with Crippen molar-refractivity contribution in [1.82, 2.24) is 9.47 Å². The van der Waals surface area contributed by atoms with Gasteiger partial charge < -0.3 is 24.0 Å². The second-order valence-corrected chi connectivity index (χ2v) is 8.22. The van der Waals surface area contributed by atoms with Gasteiger partial charge in [-0.1, -0.05) is 6.07 Å². The smallest absolute Gasteiger partial charge is 0.406 e. The number of hydrogen-bond donors (Lipinski definition) is 1. The zero-order chi connectivity index (χ0) is 20.5. The molecule has 2 fully saturated rings. The summed E-state index contributed by atoms with van der Waals surface area (Å²) in [7, 11) is 0. The van der Waals surface area contributed by atoms with Crippen molar-refractivity contribution in [2.45, 2.75) is 50.1 Å². The van der Waals surface area contributed by atoms with Gasteiger partial charge in [0.1, 0.15) is 24.0 Å². The molecule has 1 N–H and O–H groups in total. The van der Waals surface area contributed by atoms with Crippen LogP contribution >= 0.6 is 0 Å². The summed E-state index contributed by atoms with van der Waals surface area (Å²) in [5, 5.41) is 11.3. The molecule has 1 aromatic carbocycles. The molecule has 0 saturated carbocycles. The fraction of sp³-hybridized carbons (Fsp3) is 0.619. The minimum atomic E-state index is -4.26. The number of rotatable bonds is 5. The third-order valence-electron chi connectivity index (χ3n) is 5.77. The van der Waals surface area contributed by atoms with Gasteiger partial charge in [0.15, 0.2) is 0 Å². The first-order valence-electron chi connectivity index (χ1n) is 10.2. The zero-order valence-corrected chi connectivity index (χ0v) is 16.3. The van der Waals surface area contributed by atoms with Crippen LogP contribution in [0.5, 0.6) is 5.75 Å². The van der Waals surface area contributed by atoms with Crippen molar-refractivity contribution in [1.29, 1.82) is 0 Å². The molecule has 0 amide bonds. The second-order valence-electron chi connectivity index (χ2n) is 8.22. The molecule has 0 bridgehead atoms. The summed E-state index contributed by atoms with van der Waals surface area (Å²) >= 11 is 0. The van der Waals surface area contributed by atoms with Crippen LogP contribution in [-0.2, 0) is 11.3 Å². The SMILES string of the molecule is OC1(CN2CCC(Oc3cccc4c3ccn4CC(F)(F)F)CC2)CCCOC1. The van der Waals surface area contributed by atoms with Crippen molar-refractivity contribution in [2.24, 2.45) is 0 Å². The van der Waals surface area contributed by atoms with Crippen LogP contribution in [0.2, 0.25) is 0 Å². The quantitative estimate of drug-likeness (QED) is 0.816. The molecule has 0 aliphatic carbocycles. The monoisotopic (exact) mass is 412 g/mol. The minimum absolute atomic E-state index is 0.0139. The highest BCUT2D eigenvalue weighted by atomic mass is 19.4. The van der Waals surface area contributed by atoms with Gasteiger partial charge in [0.2, 0.25) is 0 Å². The van der Waals surface area contributed by atoms with Crippen LogP contribution in [0.1, 0.15) is 25.7 Å². The molecule has 1 atom stereocenters. The first-order chi connectivity index (χ1) is 13.8. The maximum absolute atomic E-state index is 12.8. The van der Waals surface area contributed by atoms with Gasteiger partial charge in [-0.15, -0.1) is 0 Å². The number of halogens is 3. The van der Waals surface area contributed by atoms with Crippen LogP contribution in [0.25, 0.3) is 10.9 Å². The Balaban J connectivity index is 1.36. The van der Waals surface area contributed by atoms with E-state index in [1.165, 1.54) is 10.8 Å². The molecule has 2 aliphatic rings. The molecule has 0 radical (unpaired) electrons. The van der Waals surface area contributed by atoms with Gasteiger partial charge in [-0.3, -0.25) is 0 Å². The predicted octanol–water partition coefficient (Wildman–Crippen LogP) is 3.59. The number of aromatic nitrogens is 1. The van der Waals surface area contributed by atoms with E-state index in [1.54, 1.807) is 18.2 Å². The zero-order valence-electron chi connectivity index (χ0n) is 16.3. The number of hydrogen-bond acceptors (Lipinski definition) is 4. The molecule has 0 spiro atoms. The van der Waals surface area contributed by atoms with E-state index in [9.17, 15) is 18.3 Å². The Morgan fingerprint density at radius 2 is 2.00 bits per heavy atom. The molecule has 2 aliphatic heterocycles. The van der Waals surface area contributed by atoms with E-state index in [-0.39, 0.29) is 6.10 Å². The number of β-amino-alcohol motifs (C(OH)–C–C–N with tert-alkyl or cyclic N) is 1. The van der Waals surface area contributed by atoms with Crippen molar-refractivity contribution in [3.05, 3.63) is 30.5 Å². The number of nitrogens with zero attached hydrogens (tertiary/aromatic N) is 2. The van der Waals surface area contributed by atoms with E-state index in [0.717, 1.165) is 38.8 Å². The van der Waals surface area contributed by atoms with Crippen LogP contribution in [-0.4, -0.2) is 65.3 Å². The van der Waals surface area contributed by atoms with Gasteiger partial charge in [0, 0.05) is 37.8 Å². The molecule has 1 unspecified atom stereocenters. The Morgan fingerprint density at radius 1 is 1.21 bits per heavy atom. The second kappa shape index (κ2) is 8.16. The largest absolute Gasteiger partial charge is 0.490 e. The lowest BCUT2D eigenvalue weighted by Crippen LogP contribution is -2.51. The van der Waals surface area contributed by atoms with E-state index in [0.29, 0.717) is 36.4 Å². The highest BCUT2D eigenvalue weighted by Gasteiger charge is 2.34. The Labute approximate surface area is 168 Å². The van der Waals surface area contributed by atoms with E-state index in [2.05, 4.69) is 4.90 Å². The highest BCUT2D eigenvalue weighted by Crippen LogP contribution is 2.31. The van der Waals surface area contributed by atoms with Crippen LogP contribution in [0.3, 0.4) is 0 Å². The maximum Gasteiger partial charge on any atom is 0.406 e. The summed E-state index contributed by atoms with van der Waals surface area (Å²) < 4.78 is 51.1. The van der Waals surface area contributed by atoms with Crippen LogP contribution in [0.15, 0.2) is 30.5 Å². The normalized spacial score (nSPS) is 24.8. The Morgan fingerprint density at radius 3 is 2.69 bits per heavy atom. The average molecular weight is 412 g/mol. The summed E-state index contributed by atoms with van der Waals surface area (Å²) in [6, 6.07) is 6.92. The average Bonchev–Trinajstić information content (AvgIpc) is 3.06. The van der Waals surface area contributed by atoms with Gasteiger partial charge >= 0.3 is 6.18 Å². The van der Waals surface area contributed by atoms with Crippen molar-refractivity contribution >= 4 is 10.9 Å². The number of aliphatic hydroxyl groups is 1. The van der Waals surface area contributed by atoms with Gasteiger partial charge in [-0.25, -0.2) is 0 Å². The van der Waals surface area contributed by atoms with Gasteiger partial charge in [0.05, 0.1) is 12.1 Å². The Hall–Kier alpha value is -1.77.